The highest BCUT2D eigenvalue weighted by atomic mass is 16.5. The van der Waals surface area contributed by atoms with Crippen molar-refractivity contribution in [2.75, 3.05) is 6.61 Å². The van der Waals surface area contributed by atoms with Crippen LogP contribution in [0.25, 0.3) is 11.3 Å². The van der Waals surface area contributed by atoms with E-state index in [1.807, 2.05) is 68.4 Å². The Kier molecular flexibility index (Phi) is 5.14. The molecular formula is C20H21N3O2. The summed E-state index contributed by atoms with van der Waals surface area (Å²) in [5.41, 5.74) is 3.17. The lowest BCUT2D eigenvalue weighted by molar-refractivity contribution is 0.0935. The molecule has 0 aliphatic carbocycles. The van der Waals surface area contributed by atoms with Gasteiger partial charge in [-0.3, -0.25) is 9.89 Å². The molecule has 1 atom stereocenters. The van der Waals surface area contributed by atoms with Crippen LogP contribution in [0.15, 0.2) is 60.7 Å². The van der Waals surface area contributed by atoms with Crippen molar-refractivity contribution in [2.24, 2.45) is 0 Å². The topological polar surface area (TPSA) is 67.0 Å². The number of nitrogens with one attached hydrogen (secondary N) is 2. The van der Waals surface area contributed by atoms with Crippen molar-refractivity contribution < 1.29 is 9.53 Å². The van der Waals surface area contributed by atoms with E-state index in [4.69, 9.17) is 4.74 Å². The number of carbonyl (C=O) groups is 1. The standard InChI is InChI=1S/C20H21N3O2/c1-3-25-17-11-9-15(10-12-17)14(2)21-20(24)19-13-18(22-23-19)16-7-5-4-6-8-16/h4-14H,3H2,1-2H3,(H,21,24)(H,22,23)/t14-/m1/s1. The summed E-state index contributed by atoms with van der Waals surface area (Å²) < 4.78 is 5.44. The van der Waals surface area contributed by atoms with Crippen LogP contribution < -0.4 is 10.1 Å². The van der Waals surface area contributed by atoms with Crippen molar-refractivity contribution >= 4 is 5.91 Å². The number of aromatic amines is 1. The van der Waals surface area contributed by atoms with Crippen molar-refractivity contribution in [1.82, 2.24) is 15.5 Å². The Labute approximate surface area is 147 Å². The monoisotopic (exact) mass is 335 g/mol. The zero-order chi connectivity index (χ0) is 17.6. The second kappa shape index (κ2) is 7.66. The zero-order valence-electron chi connectivity index (χ0n) is 14.3. The Bertz CT molecular complexity index is 826. The number of hydrogen-bond acceptors (Lipinski definition) is 3. The summed E-state index contributed by atoms with van der Waals surface area (Å²) in [4.78, 5) is 12.4. The van der Waals surface area contributed by atoms with Crippen molar-refractivity contribution in [3.63, 3.8) is 0 Å². The molecule has 0 radical (unpaired) electrons. The van der Waals surface area contributed by atoms with Gasteiger partial charge >= 0.3 is 0 Å². The first-order valence-corrected chi connectivity index (χ1v) is 8.32. The number of nitrogens with zero attached hydrogens (tertiary/aromatic N) is 1. The van der Waals surface area contributed by atoms with Crippen LogP contribution in [0.4, 0.5) is 0 Å². The third-order valence-electron chi connectivity index (χ3n) is 3.93. The first-order valence-electron chi connectivity index (χ1n) is 8.32. The van der Waals surface area contributed by atoms with Gasteiger partial charge in [0.1, 0.15) is 11.4 Å². The molecule has 0 saturated heterocycles. The van der Waals surface area contributed by atoms with E-state index in [0.29, 0.717) is 12.3 Å². The fraction of sp³-hybridized carbons (Fsp3) is 0.200. The molecule has 2 N–H and O–H groups in total. The van der Waals surface area contributed by atoms with Crippen molar-refractivity contribution in [3.05, 3.63) is 71.9 Å². The lowest BCUT2D eigenvalue weighted by Gasteiger charge is -2.14. The maximum absolute atomic E-state index is 12.4. The SMILES string of the molecule is CCOc1ccc([C@@H](C)NC(=O)c2cc(-c3ccccc3)n[nH]2)cc1. The van der Waals surface area contributed by atoms with Crippen LogP contribution in [-0.2, 0) is 0 Å². The average molecular weight is 335 g/mol. The van der Waals surface area contributed by atoms with Gasteiger partial charge < -0.3 is 10.1 Å². The van der Waals surface area contributed by atoms with Crippen LogP contribution in [0.5, 0.6) is 5.75 Å². The molecule has 3 aromatic rings. The Balaban J connectivity index is 1.66. The molecule has 0 aliphatic rings. The third kappa shape index (κ3) is 4.07. The summed E-state index contributed by atoms with van der Waals surface area (Å²) in [5, 5.41) is 10.00. The zero-order valence-corrected chi connectivity index (χ0v) is 14.3. The van der Waals surface area contributed by atoms with Crippen LogP contribution in [0.1, 0.15) is 35.9 Å². The van der Waals surface area contributed by atoms with Crippen LogP contribution in [0.2, 0.25) is 0 Å². The molecule has 1 heterocycles. The van der Waals surface area contributed by atoms with E-state index >= 15 is 0 Å². The van der Waals surface area contributed by atoms with E-state index in [2.05, 4.69) is 15.5 Å². The summed E-state index contributed by atoms with van der Waals surface area (Å²) in [6.07, 6.45) is 0. The largest absolute Gasteiger partial charge is 0.494 e. The Hall–Kier alpha value is -3.08. The minimum atomic E-state index is -0.184. The predicted octanol–water partition coefficient (Wildman–Crippen LogP) is 3.97. The lowest BCUT2D eigenvalue weighted by Crippen LogP contribution is -2.26. The minimum Gasteiger partial charge on any atom is -0.494 e. The number of rotatable bonds is 6. The fourth-order valence-electron chi connectivity index (χ4n) is 2.57. The molecule has 128 valence electrons. The van der Waals surface area contributed by atoms with Gasteiger partial charge in [-0.05, 0) is 37.6 Å². The molecule has 0 bridgehead atoms. The Morgan fingerprint density at radius 2 is 1.88 bits per heavy atom. The van der Waals surface area contributed by atoms with Gasteiger partial charge in [0.05, 0.1) is 18.3 Å². The number of ether oxygens (including phenoxy) is 1. The molecule has 1 aromatic heterocycles. The van der Waals surface area contributed by atoms with Gasteiger partial charge in [-0.2, -0.15) is 5.10 Å². The normalized spacial score (nSPS) is 11.8. The second-order valence-electron chi connectivity index (χ2n) is 5.73. The summed E-state index contributed by atoms with van der Waals surface area (Å²) in [5.74, 6) is 0.641. The van der Waals surface area contributed by atoms with Gasteiger partial charge in [-0.15, -0.1) is 0 Å². The van der Waals surface area contributed by atoms with Gasteiger partial charge in [-0.25, -0.2) is 0 Å². The number of amides is 1. The summed E-state index contributed by atoms with van der Waals surface area (Å²) in [6, 6.07) is 19.1. The van der Waals surface area contributed by atoms with E-state index in [9.17, 15) is 4.79 Å². The van der Waals surface area contributed by atoms with Crippen molar-refractivity contribution in [2.45, 2.75) is 19.9 Å². The van der Waals surface area contributed by atoms with Gasteiger partial charge in [-0.1, -0.05) is 42.5 Å². The number of hydrogen-bond donors (Lipinski definition) is 2. The summed E-state index contributed by atoms with van der Waals surface area (Å²) in [6.45, 7) is 4.53. The molecule has 2 aromatic carbocycles. The van der Waals surface area contributed by atoms with E-state index in [1.165, 1.54) is 0 Å². The summed E-state index contributed by atoms with van der Waals surface area (Å²) >= 11 is 0. The van der Waals surface area contributed by atoms with E-state index in [1.54, 1.807) is 6.07 Å². The summed E-state index contributed by atoms with van der Waals surface area (Å²) in [7, 11) is 0. The maximum atomic E-state index is 12.4. The molecule has 0 aliphatic heterocycles. The molecular weight excluding hydrogens is 314 g/mol. The van der Waals surface area contributed by atoms with E-state index < -0.39 is 0 Å². The van der Waals surface area contributed by atoms with Crippen LogP contribution in [-0.4, -0.2) is 22.7 Å². The molecule has 0 unspecified atom stereocenters. The lowest BCUT2D eigenvalue weighted by atomic mass is 10.1. The Morgan fingerprint density at radius 1 is 1.16 bits per heavy atom. The number of H-pyrrole nitrogens is 1. The van der Waals surface area contributed by atoms with Crippen molar-refractivity contribution in [1.29, 1.82) is 0 Å². The highest BCUT2D eigenvalue weighted by Gasteiger charge is 2.14. The van der Waals surface area contributed by atoms with E-state index in [-0.39, 0.29) is 11.9 Å². The number of carbonyl (C=O) groups excluding carboxylic acids is 1. The molecule has 0 fully saturated rings. The van der Waals surface area contributed by atoms with E-state index in [0.717, 1.165) is 22.6 Å². The molecule has 0 spiro atoms. The smallest absolute Gasteiger partial charge is 0.269 e. The average Bonchev–Trinajstić information content (AvgIpc) is 3.13. The molecule has 5 nitrogen and oxygen atoms in total. The predicted molar refractivity (Wildman–Crippen MR) is 97.5 cm³/mol. The Morgan fingerprint density at radius 3 is 2.56 bits per heavy atom. The molecule has 0 saturated carbocycles. The van der Waals surface area contributed by atoms with Crippen LogP contribution in [0.3, 0.4) is 0 Å². The van der Waals surface area contributed by atoms with Crippen molar-refractivity contribution in [3.8, 4) is 17.0 Å². The van der Waals surface area contributed by atoms with Gasteiger partial charge in [0, 0.05) is 5.56 Å². The van der Waals surface area contributed by atoms with Gasteiger partial charge in [0.25, 0.3) is 5.91 Å². The van der Waals surface area contributed by atoms with Gasteiger partial charge in [0.2, 0.25) is 0 Å². The second-order valence-corrected chi connectivity index (χ2v) is 5.73. The molecule has 25 heavy (non-hydrogen) atoms. The van der Waals surface area contributed by atoms with Crippen LogP contribution in [0, 0.1) is 0 Å². The molecule has 5 heteroatoms. The maximum Gasteiger partial charge on any atom is 0.269 e. The fourth-order valence-corrected chi connectivity index (χ4v) is 2.57. The first kappa shape index (κ1) is 16.8. The first-order chi connectivity index (χ1) is 12.2. The third-order valence-corrected chi connectivity index (χ3v) is 3.93. The quantitative estimate of drug-likeness (QED) is 0.716. The number of benzene rings is 2. The minimum absolute atomic E-state index is 0.119. The number of aromatic nitrogens is 2. The highest BCUT2D eigenvalue weighted by molar-refractivity contribution is 5.93. The highest BCUT2D eigenvalue weighted by Crippen LogP contribution is 2.19. The van der Waals surface area contributed by atoms with Gasteiger partial charge in [0.15, 0.2) is 0 Å². The molecule has 1 amide bonds. The van der Waals surface area contributed by atoms with Crippen LogP contribution >= 0.6 is 0 Å². The molecule has 3 rings (SSSR count).